The summed E-state index contributed by atoms with van der Waals surface area (Å²) in [5.74, 6) is -0.660. The number of ether oxygens (including phenoxy) is 1. The fourth-order valence-electron chi connectivity index (χ4n) is 2.26. The molecule has 0 bridgehead atoms. The number of carbonyl (C=O) groups is 1. The average molecular weight is 402 g/mol. The van der Waals surface area contributed by atoms with Gasteiger partial charge in [0.2, 0.25) is 0 Å². The van der Waals surface area contributed by atoms with Gasteiger partial charge in [0, 0.05) is 5.02 Å². The van der Waals surface area contributed by atoms with Crippen molar-refractivity contribution >= 4 is 44.9 Å². The Bertz CT molecular complexity index is 884. The van der Waals surface area contributed by atoms with Crippen molar-refractivity contribution in [3.63, 3.8) is 0 Å². The predicted octanol–water partition coefficient (Wildman–Crippen LogP) is 4.06. The highest BCUT2D eigenvalue weighted by atomic mass is 35.5. The minimum absolute atomic E-state index is 0.0202. The second-order valence-electron chi connectivity index (χ2n) is 5.18. The number of nitrogens with zero attached hydrogens (tertiary/aromatic N) is 1. The molecule has 0 aliphatic carbocycles. The van der Waals surface area contributed by atoms with E-state index >= 15 is 0 Å². The zero-order valence-electron chi connectivity index (χ0n) is 13.7. The van der Waals surface area contributed by atoms with Gasteiger partial charge >= 0.3 is 5.97 Å². The number of carbonyl (C=O) groups excluding carboxylic acids is 1. The molecule has 0 saturated heterocycles. The lowest BCUT2D eigenvalue weighted by Crippen LogP contribution is -2.37. The first-order valence-electron chi connectivity index (χ1n) is 7.46. The summed E-state index contributed by atoms with van der Waals surface area (Å²) in [5.41, 5.74) is 1.06. The van der Waals surface area contributed by atoms with Crippen LogP contribution in [0.5, 0.6) is 0 Å². The van der Waals surface area contributed by atoms with Crippen LogP contribution in [0.2, 0.25) is 10.0 Å². The Morgan fingerprint density at radius 1 is 1.16 bits per heavy atom. The molecule has 0 radical (unpaired) electrons. The third-order valence-electron chi connectivity index (χ3n) is 3.42. The van der Waals surface area contributed by atoms with E-state index in [1.165, 1.54) is 18.2 Å². The van der Waals surface area contributed by atoms with Gasteiger partial charge in [-0.25, -0.2) is 8.42 Å². The Balaban J connectivity index is 2.59. The summed E-state index contributed by atoms with van der Waals surface area (Å²) in [6.45, 7) is 3.09. The highest BCUT2D eigenvalue weighted by Crippen LogP contribution is 2.32. The van der Waals surface area contributed by atoms with Crippen molar-refractivity contribution in [2.45, 2.75) is 18.7 Å². The number of para-hydroxylation sites is 1. The number of aryl methyl sites for hydroxylation is 1. The first kappa shape index (κ1) is 19.6. The van der Waals surface area contributed by atoms with E-state index in [1.807, 2.05) is 0 Å². The fourth-order valence-corrected chi connectivity index (χ4v) is 4.47. The van der Waals surface area contributed by atoms with Gasteiger partial charge in [-0.3, -0.25) is 9.10 Å². The topological polar surface area (TPSA) is 63.7 Å². The molecule has 134 valence electrons. The van der Waals surface area contributed by atoms with Gasteiger partial charge in [0.1, 0.15) is 11.4 Å². The molecule has 0 heterocycles. The second kappa shape index (κ2) is 8.08. The predicted molar refractivity (Wildman–Crippen MR) is 98.8 cm³/mol. The van der Waals surface area contributed by atoms with Crippen molar-refractivity contribution in [1.82, 2.24) is 0 Å². The lowest BCUT2D eigenvalue weighted by Gasteiger charge is -2.25. The summed E-state index contributed by atoms with van der Waals surface area (Å²) >= 11 is 12.0. The molecular weight excluding hydrogens is 385 g/mol. The summed E-state index contributed by atoms with van der Waals surface area (Å²) in [4.78, 5) is 11.8. The van der Waals surface area contributed by atoms with E-state index in [1.54, 1.807) is 38.1 Å². The molecular formula is C17H17Cl2NO4S. The first-order valence-corrected chi connectivity index (χ1v) is 9.66. The zero-order chi connectivity index (χ0) is 18.6. The summed E-state index contributed by atoms with van der Waals surface area (Å²) in [6, 6.07) is 11.0. The third-order valence-corrected chi connectivity index (χ3v) is 5.90. The third kappa shape index (κ3) is 4.45. The van der Waals surface area contributed by atoms with Gasteiger partial charge in [-0.05, 0) is 43.7 Å². The van der Waals surface area contributed by atoms with E-state index in [9.17, 15) is 13.2 Å². The van der Waals surface area contributed by atoms with E-state index in [0.717, 1.165) is 4.31 Å². The number of esters is 1. The van der Waals surface area contributed by atoms with Crippen LogP contribution in [0, 0.1) is 6.92 Å². The van der Waals surface area contributed by atoms with Gasteiger partial charge in [0.25, 0.3) is 10.0 Å². The van der Waals surface area contributed by atoms with E-state index in [2.05, 4.69) is 0 Å². The fraction of sp³-hybridized carbons (Fsp3) is 0.235. The van der Waals surface area contributed by atoms with Crippen molar-refractivity contribution in [1.29, 1.82) is 0 Å². The quantitative estimate of drug-likeness (QED) is 0.684. The molecule has 8 heteroatoms. The molecule has 2 aromatic carbocycles. The standard InChI is InChI=1S/C17H17Cl2NO4S/c1-3-24-17(21)11-20(15-7-5-4-6-12(15)2)25(22,23)16-10-13(18)8-9-14(16)19/h4-10H,3,11H2,1-2H3. The molecule has 0 unspecified atom stereocenters. The van der Waals surface area contributed by atoms with Gasteiger partial charge in [0.15, 0.2) is 0 Å². The van der Waals surface area contributed by atoms with Gasteiger partial charge in [-0.2, -0.15) is 0 Å². The maximum atomic E-state index is 13.2. The Morgan fingerprint density at radius 2 is 1.84 bits per heavy atom. The van der Waals surface area contributed by atoms with Gasteiger partial charge < -0.3 is 4.74 Å². The van der Waals surface area contributed by atoms with Gasteiger partial charge in [0.05, 0.1) is 17.3 Å². The summed E-state index contributed by atoms with van der Waals surface area (Å²) in [6.07, 6.45) is 0. The Hall–Kier alpha value is -1.76. The lowest BCUT2D eigenvalue weighted by molar-refractivity contribution is -0.141. The molecule has 5 nitrogen and oxygen atoms in total. The number of halogens is 2. The van der Waals surface area contributed by atoms with Gasteiger partial charge in [-0.1, -0.05) is 41.4 Å². The highest BCUT2D eigenvalue weighted by molar-refractivity contribution is 7.93. The molecule has 0 aliphatic heterocycles. The number of rotatable bonds is 6. The van der Waals surface area contributed by atoms with Crippen LogP contribution in [-0.2, 0) is 19.6 Å². The summed E-state index contributed by atoms with van der Waals surface area (Å²) in [5, 5.41) is 0.246. The molecule has 0 atom stereocenters. The Labute approximate surface area is 157 Å². The first-order chi connectivity index (χ1) is 11.8. The van der Waals surface area contributed by atoms with Crippen LogP contribution in [0.15, 0.2) is 47.4 Å². The van der Waals surface area contributed by atoms with E-state index < -0.39 is 22.5 Å². The van der Waals surface area contributed by atoms with E-state index in [4.69, 9.17) is 27.9 Å². The number of anilines is 1. The molecule has 0 amide bonds. The normalized spacial score (nSPS) is 11.2. The highest BCUT2D eigenvalue weighted by Gasteiger charge is 2.30. The minimum atomic E-state index is -4.13. The largest absolute Gasteiger partial charge is 0.465 e. The Kier molecular flexibility index (Phi) is 6.32. The maximum Gasteiger partial charge on any atom is 0.326 e. The SMILES string of the molecule is CCOC(=O)CN(c1ccccc1C)S(=O)(=O)c1cc(Cl)ccc1Cl. The van der Waals surface area contributed by atoms with Gasteiger partial charge in [-0.15, -0.1) is 0 Å². The number of sulfonamides is 1. The van der Waals surface area contributed by atoms with Crippen molar-refractivity contribution in [3.05, 3.63) is 58.1 Å². The van der Waals surface area contributed by atoms with Crippen molar-refractivity contribution in [2.75, 3.05) is 17.5 Å². The molecule has 0 N–H and O–H groups in total. The minimum Gasteiger partial charge on any atom is -0.465 e. The van der Waals surface area contributed by atoms with E-state index in [0.29, 0.717) is 11.3 Å². The molecule has 0 aromatic heterocycles. The van der Waals surface area contributed by atoms with Crippen molar-refractivity contribution in [2.24, 2.45) is 0 Å². The number of hydrogen-bond donors (Lipinski definition) is 0. The Morgan fingerprint density at radius 3 is 2.48 bits per heavy atom. The van der Waals surface area contributed by atoms with Crippen LogP contribution in [0.1, 0.15) is 12.5 Å². The zero-order valence-corrected chi connectivity index (χ0v) is 16.0. The summed E-state index contributed by atoms with van der Waals surface area (Å²) in [7, 11) is -4.13. The molecule has 25 heavy (non-hydrogen) atoms. The molecule has 0 spiro atoms. The second-order valence-corrected chi connectivity index (χ2v) is 7.85. The number of hydrogen-bond acceptors (Lipinski definition) is 4. The van der Waals surface area contributed by atoms with E-state index in [-0.39, 0.29) is 21.5 Å². The van der Waals surface area contributed by atoms with Crippen LogP contribution in [0.25, 0.3) is 0 Å². The summed E-state index contributed by atoms with van der Waals surface area (Å²) < 4.78 is 32.2. The van der Waals surface area contributed by atoms with Crippen LogP contribution in [0.3, 0.4) is 0 Å². The van der Waals surface area contributed by atoms with Crippen LogP contribution in [0.4, 0.5) is 5.69 Å². The molecule has 0 aliphatic rings. The van der Waals surface area contributed by atoms with Crippen molar-refractivity contribution in [3.8, 4) is 0 Å². The van der Waals surface area contributed by atoms with Crippen molar-refractivity contribution < 1.29 is 17.9 Å². The monoisotopic (exact) mass is 401 g/mol. The van der Waals surface area contributed by atoms with Crippen LogP contribution in [-0.4, -0.2) is 27.5 Å². The number of benzene rings is 2. The lowest BCUT2D eigenvalue weighted by atomic mass is 10.2. The molecule has 2 rings (SSSR count). The molecule has 0 fully saturated rings. The molecule has 2 aromatic rings. The van der Waals surface area contributed by atoms with Crippen LogP contribution >= 0.6 is 23.2 Å². The van der Waals surface area contributed by atoms with Crippen LogP contribution < -0.4 is 4.31 Å². The smallest absolute Gasteiger partial charge is 0.326 e. The maximum absolute atomic E-state index is 13.2. The average Bonchev–Trinajstić information content (AvgIpc) is 2.56. The molecule has 0 saturated carbocycles.